The molecule has 4 N–H and O–H groups in total. The molecule has 14 heavy (non-hydrogen) atoms. The van der Waals surface area contributed by atoms with Gasteiger partial charge in [0.05, 0.1) is 0 Å². The molecule has 0 heterocycles. The Morgan fingerprint density at radius 3 is 2.71 bits per heavy atom. The van der Waals surface area contributed by atoms with Crippen LogP contribution in [0.15, 0.2) is 22.7 Å². The monoisotopic (exact) mass is 276 g/mol. The van der Waals surface area contributed by atoms with Crippen molar-refractivity contribution in [1.29, 1.82) is 0 Å². The van der Waals surface area contributed by atoms with E-state index in [0.29, 0.717) is 5.02 Å². The van der Waals surface area contributed by atoms with Crippen LogP contribution in [0.25, 0.3) is 0 Å². The summed E-state index contributed by atoms with van der Waals surface area (Å²) in [5.41, 5.74) is 11.5. The quantitative estimate of drug-likeness (QED) is 0.887. The highest BCUT2D eigenvalue weighted by Gasteiger charge is 2.12. The Balaban J connectivity index is 2.90. The molecule has 5 heteroatoms. The lowest BCUT2D eigenvalue weighted by Crippen LogP contribution is -2.20. The zero-order valence-electron chi connectivity index (χ0n) is 7.34. The second-order valence-corrected chi connectivity index (χ2v) is 4.27. The zero-order chi connectivity index (χ0) is 10.7. The molecule has 0 aliphatic carbocycles. The zero-order valence-corrected chi connectivity index (χ0v) is 9.68. The van der Waals surface area contributed by atoms with E-state index in [9.17, 15) is 4.79 Å². The van der Waals surface area contributed by atoms with Crippen molar-refractivity contribution in [3.8, 4) is 0 Å². The Labute approximate surface area is 95.5 Å². The Bertz CT molecular complexity index is 357. The minimum Gasteiger partial charge on any atom is -0.370 e. The van der Waals surface area contributed by atoms with Crippen molar-refractivity contribution in [3.63, 3.8) is 0 Å². The lowest BCUT2D eigenvalue weighted by atomic mass is 10.0. The fourth-order valence-electron chi connectivity index (χ4n) is 1.13. The average molecular weight is 278 g/mol. The molecule has 1 amide bonds. The molecule has 0 aliphatic rings. The summed E-state index contributed by atoms with van der Waals surface area (Å²) in [7, 11) is 0. The van der Waals surface area contributed by atoms with E-state index in [0.717, 1.165) is 10.0 Å². The van der Waals surface area contributed by atoms with Gasteiger partial charge in [-0.1, -0.05) is 33.6 Å². The minimum atomic E-state index is -0.437. The molecule has 0 spiro atoms. The van der Waals surface area contributed by atoms with Crippen molar-refractivity contribution in [1.82, 2.24) is 0 Å². The summed E-state index contributed by atoms with van der Waals surface area (Å²) < 4.78 is 0.873. The first-order valence-corrected chi connectivity index (χ1v) is 5.16. The molecule has 1 unspecified atom stereocenters. The topological polar surface area (TPSA) is 69.1 Å². The van der Waals surface area contributed by atoms with E-state index in [1.54, 1.807) is 12.1 Å². The molecule has 76 valence electrons. The third-order valence-corrected chi connectivity index (χ3v) is 2.60. The molecule has 0 radical (unpaired) electrons. The normalized spacial score (nSPS) is 12.5. The lowest BCUT2D eigenvalue weighted by molar-refractivity contribution is -0.118. The second-order valence-electron chi connectivity index (χ2n) is 2.94. The van der Waals surface area contributed by atoms with Crippen LogP contribution in [0.4, 0.5) is 0 Å². The first-order chi connectivity index (χ1) is 6.50. The maximum absolute atomic E-state index is 10.7. The summed E-state index contributed by atoms with van der Waals surface area (Å²) >= 11 is 9.23. The van der Waals surface area contributed by atoms with Crippen molar-refractivity contribution in [2.24, 2.45) is 11.5 Å². The Morgan fingerprint density at radius 2 is 2.21 bits per heavy atom. The van der Waals surface area contributed by atoms with Gasteiger partial charge < -0.3 is 11.5 Å². The Kier molecular flexibility index (Phi) is 3.92. The van der Waals surface area contributed by atoms with Crippen LogP contribution in [-0.2, 0) is 4.79 Å². The highest BCUT2D eigenvalue weighted by molar-refractivity contribution is 9.10. The number of carbonyl (C=O) groups is 1. The van der Waals surface area contributed by atoms with E-state index in [2.05, 4.69) is 15.9 Å². The van der Waals surface area contributed by atoms with Gasteiger partial charge in [-0.25, -0.2) is 0 Å². The number of hydrogen-bond acceptors (Lipinski definition) is 2. The van der Waals surface area contributed by atoms with Gasteiger partial charge in [-0.05, 0) is 17.7 Å². The van der Waals surface area contributed by atoms with Crippen LogP contribution in [-0.4, -0.2) is 5.91 Å². The summed E-state index contributed by atoms with van der Waals surface area (Å²) in [5.74, 6) is -0.434. The van der Waals surface area contributed by atoms with E-state index in [1.807, 2.05) is 6.07 Å². The van der Waals surface area contributed by atoms with Gasteiger partial charge in [-0.3, -0.25) is 4.79 Å². The first-order valence-electron chi connectivity index (χ1n) is 3.99. The Hall–Kier alpha value is -0.580. The molecular weight excluding hydrogens is 267 g/mol. The second kappa shape index (κ2) is 4.77. The first kappa shape index (κ1) is 11.5. The number of primary amides is 1. The number of halogens is 2. The molecule has 1 atom stereocenters. The number of amides is 1. The average Bonchev–Trinajstić information content (AvgIpc) is 2.01. The van der Waals surface area contributed by atoms with E-state index < -0.39 is 11.9 Å². The fourth-order valence-corrected chi connectivity index (χ4v) is 1.94. The largest absolute Gasteiger partial charge is 0.370 e. The predicted molar refractivity (Wildman–Crippen MR) is 59.9 cm³/mol. The molecule has 1 rings (SSSR count). The molecule has 0 saturated heterocycles. The van der Waals surface area contributed by atoms with Crippen LogP contribution in [0.2, 0.25) is 5.02 Å². The predicted octanol–water partition coefficient (Wildman–Crippen LogP) is 1.98. The van der Waals surface area contributed by atoms with E-state index >= 15 is 0 Å². The number of rotatable bonds is 3. The highest BCUT2D eigenvalue weighted by Crippen LogP contribution is 2.26. The van der Waals surface area contributed by atoms with Gasteiger partial charge in [0.2, 0.25) is 5.91 Å². The van der Waals surface area contributed by atoms with Gasteiger partial charge in [-0.2, -0.15) is 0 Å². The van der Waals surface area contributed by atoms with Crippen LogP contribution in [0.3, 0.4) is 0 Å². The summed E-state index contributed by atoms with van der Waals surface area (Å²) in [6.07, 6.45) is 0.0986. The number of hydrogen-bond donors (Lipinski definition) is 2. The summed E-state index contributed by atoms with van der Waals surface area (Å²) in [5, 5.41) is 0.535. The maximum Gasteiger partial charge on any atom is 0.219 e. The molecule has 1 aromatic carbocycles. The smallest absolute Gasteiger partial charge is 0.219 e. The third kappa shape index (κ3) is 2.97. The molecule has 3 nitrogen and oxygen atoms in total. The standard InChI is InChI=1S/C9H10BrClN2O/c10-5-1-2-6(7(11)3-5)8(12)4-9(13)14/h1-3,8H,4,12H2,(H2,13,14). The van der Waals surface area contributed by atoms with Crippen molar-refractivity contribution < 1.29 is 4.79 Å². The summed E-state index contributed by atoms with van der Waals surface area (Å²) in [6.45, 7) is 0. The molecule has 1 aromatic rings. The van der Waals surface area contributed by atoms with Crippen LogP contribution >= 0.6 is 27.5 Å². The van der Waals surface area contributed by atoms with E-state index in [4.69, 9.17) is 23.1 Å². The fraction of sp³-hybridized carbons (Fsp3) is 0.222. The van der Waals surface area contributed by atoms with E-state index in [-0.39, 0.29) is 6.42 Å². The van der Waals surface area contributed by atoms with Crippen LogP contribution in [0, 0.1) is 0 Å². The lowest BCUT2D eigenvalue weighted by Gasteiger charge is -2.11. The van der Waals surface area contributed by atoms with Crippen LogP contribution < -0.4 is 11.5 Å². The van der Waals surface area contributed by atoms with E-state index in [1.165, 1.54) is 0 Å². The van der Waals surface area contributed by atoms with Crippen LogP contribution in [0.5, 0.6) is 0 Å². The Morgan fingerprint density at radius 1 is 1.57 bits per heavy atom. The SMILES string of the molecule is NC(=O)CC(N)c1ccc(Br)cc1Cl. The number of nitrogens with two attached hydrogens (primary N) is 2. The molecule has 0 bridgehead atoms. The molecule has 0 aromatic heterocycles. The van der Waals surface area contributed by atoms with Crippen molar-refractivity contribution in [2.45, 2.75) is 12.5 Å². The summed E-state index contributed by atoms with van der Waals surface area (Å²) in [4.78, 5) is 10.7. The minimum absolute atomic E-state index is 0.0986. The van der Waals surface area contributed by atoms with Gasteiger partial charge in [-0.15, -0.1) is 0 Å². The van der Waals surface area contributed by atoms with Gasteiger partial charge in [0.1, 0.15) is 0 Å². The number of carbonyl (C=O) groups excluding carboxylic acids is 1. The third-order valence-electron chi connectivity index (χ3n) is 1.78. The van der Waals surface area contributed by atoms with Gasteiger partial charge >= 0.3 is 0 Å². The van der Waals surface area contributed by atoms with Crippen molar-refractivity contribution >= 4 is 33.4 Å². The van der Waals surface area contributed by atoms with Crippen molar-refractivity contribution in [3.05, 3.63) is 33.3 Å². The molecule has 0 saturated carbocycles. The van der Waals surface area contributed by atoms with Gasteiger partial charge in [0.15, 0.2) is 0 Å². The van der Waals surface area contributed by atoms with Crippen molar-refractivity contribution in [2.75, 3.05) is 0 Å². The number of benzene rings is 1. The molecular formula is C9H10BrClN2O. The summed E-state index contributed by atoms with van der Waals surface area (Å²) in [6, 6.07) is 4.90. The van der Waals surface area contributed by atoms with Gasteiger partial charge in [0.25, 0.3) is 0 Å². The molecule has 0 fully saturated rings. The van der Waals surface area contributed by atoms with Gasteiger partial charge in [0, 0.05) is 22.0 Å². The maximum atomic E-state index is 10.7. The highest BCUT2D eigenvalue weighted by atomic mass is 79.9. The molecule has 0 aliphatic heterocycles. The van der Waals surface area contributed by atoms with Crippen LogP contribution in [0.1, 0.15) is 18.0 Å².